The van der Waals surface area contributed by atoms with Crippen molar-refractivity contribution in [3.05, 3.63) is 0 Å². The number of hydrogen-bond donors (Lipinski definition) is 2. The number of carboxylic acid groups (broad SMARTS) is 1. The van der Waals surface area contributed by atoms with Gasteiger partial charge < -0.3 is 10.4 Å². The molecule has 0 spiro atoms. The molecule has 0 aromatic carbocycles. The molecule has 1 rings (SSSR count). The van der Waals surface area contributed by atoms with Crippen LogP contribution in [0.15, 0.2) is 0 Å². The maximum absolute atomic E-state index is 12.0. The van der Waals surface area contributed by atoms with Crippen molar-refractivity contribution in [1.82, 2.24) is 9.62 Å². The molecule has 0 radical (unpaired) electrons. The highest BCUT2D eigenvalue weighted by Crippen LogP contribution is 2.28. The molecule has 0 atom stereocenters. The van der Waals surface area contributed by atoms with Crippen molar-refractivity contribution in [3.8, 4) is 0 Å². The largest absolute Gasteiger partial charge is 0.481 e. The molecule has 1 aliphatic rings. The van der Waals surface area contributed by atoms with Crippen molar-refractivity contribution in [2.24, 2.45) is 11.8 Å². The van der Waals surface area contributed by atoms with E-state index in [1.54, 1.807) is 6.92 Å². The fourth-order valence-electron chi connectivity index (χ4n) is 2.62. The lowest BCUT2D eigenvalue weighted by Gasteiger charge is -2.25. The molecule has 0 aromatic rings. The Morgan fingerprint density at radius 2 is 1.73 bits per heavy atom. The third-order valence-corrected chi connectivity index (χ3v) is 6.10. The van der Waals surface area contributed by atoms with E-state index in [0.717, 1.165) is 0 Å². The number of carboxylic acids is 1. The van der Waals surface area contributed by atoms with Crippen LogP contribution in [0.1, 0.15) is 39.0 Å². The number of rotatable bonds is 8. The Morgan fingerprint density at radius 1 is 1.18 bits per heavy atom. The van der Waals surface area contributed by atoms with E-state index < -0.39 is 16.0 Å². The van der Waals surface area contributed by atoms with Crippen molar-refractivity contribution >= 4 is 21.9 Å². The van der Waals surface area contributed by atoms with Gasteiger partial charge in [0.2, 0.25) is 15.9 Å². The smallest absolute Gasteiger partial charge is 0.306 e. The van der Waals surface area contributed by atoms with Gasteiger partial charge in [-0.2, -0.15) is 0 Å². The van der Waals surface area contributed by atoms with Crippen molar-refractivity contribution < 1.29 is 23.1 Å². The topological polar surface area (TPSA) is 104 Å². The molecule has 2 N–H and O–H groups in total. The zero-order valence-corrected chi connectivity index (χ0v) is 14.1. The van der Waals surface area contributed by atoms with E-state index in [-0.39, 0.29) is 23.5 Å². The van der Waals surface area contributed by atoms with Crippen molar-refractivity contribution in [2.75, 3.05) is 25.9 Å². The summed E-state index contributed by atoms with van der Waals surface area (Å²) in [7, 11) is -1.63. The number of aliphatic carboxylic acids is 1. The van der Waals surface area contributed by atoms with Crippen LogP contribution in [0.4, 0.5) is 0 Å². The van der Waals surface area contributed by atoms with Crippen molar-refractivity contribution in [3.63, 3.8) is 0 Å². The lowest BCUT2D eigenvalue weighted by Crippen LogP contribution is -2.36. The van der Waals surface area contributed by atoms with Gasteiger partial charge in [0.1, 0.15) is 0 Å². The minimum atomic E-state index is -3.17. The maximum Gasteiger partial charge on any atom is 0.306 e. The van der Waals surface area contributed by atoms with Crippen LogP contribution in [-0.4, -0.2) is 55.6 Å². The molecule has 128 valence electrons. The quantitative estimate of drug-likeness (QED) is 0.635. The van der Waals surface area contributed by atoms with E-state index in [1.807, 2.05) is 0 Å². The second-order valence-corrected chi connectivity index (χ2v) is 8.12. The van der Waals surface area contributed by atoms with Crippen LogP contribution < -0.4 is 5.32 Å². The van der Waals surface area contributed by atoms with Gasteiger partial charge in [-0.15, -0.1) is 0 Å². The van der Waals surface area contributed by atoms with Crippen LogP contribution in [0, 0.1) is 11.8 Å². The molecule has 0 bridgehead atoms. The van der Waals surface area contributed by atoms with Crippen LogP contribution in [-0.2, 0) is 19.6 Å². The highest BCUT2D eigenvalue weighted by Gasteiger charge is 2.29. The first-order chi connectivity index (χ1) is 10.3. The molecule has 1 amide bonds. The van der Waals surface area contributed by atoms with E-state index in [9.17, 15) is 18.0 Å². The molecule has 1 fully saturated rings. The predicted octanol–water partition coefficient (Wildman–Crippen LogP) is 0.665. The number of nitrogens with zero attached hydrogens (tertiary/aromatic N) is 1. The van der Waals surface area contributed by atoms with Crippen LogP contribution >= 0.6 is 0 Å². The second kappa shape index (κ2) is 8.47. The van der Waals surface area contributed by atoms with Gasteiger partial charge in [-0.25, -0.2) is 12.7 Å². The molecular formula is C14H26N2O5S. The molecule has 0 saturated heterocycles. The molecular weight excluding hydrogens is 308 g/mol. The van der Waals surface area contributed by atoms with Gasteiger partial charge >= 0.3 is 5.97 Å². The molecule has 1 saturated carbocycles. The third-order valence-electron chi connectivity index (χ3n) is 4.24. The lowest BCUT2D eigenvalue weighted by atomic mass is 9.81. The molecule has 0 aromatic heterocycles. The maximum atomic E-state index is 12.0. The monoisotopic (exact) mass is 334 g/mol. The van der Waals surface area contributed by atoms with E-state index in [4.69, 9.17) is 5.11 Å². The number of carbonyl (C=O) groups excluding carboxylic acids is 1. The molecule has 1 aliphatic carbocycles. The average Bonchev–Trinajstić information content (AvgIpc) is 2.51. The summed E-state index contributed by atoms with van der Waals surface area (Å²) in [5.41, 5.74) is 0. The normalized spacial score (nSPS) is 22.5. The number of nitrogens with one attached hydrogen (secondary N) is 1. The van der Waals surface area contributed by atoms with Crippen molar-refractivity contribution in [2.45, 2.75) is 39.0 Å². The van der Waals surface area contributed by atoms with E-state index >= 15 is 0 Å². The van der Waals surface area contributed by atoms with Crippen LogP contribution in [0.3, 0.4) is 0 Å². The predicted molar refractivity (Wildman–Crippen MR) is 82.8 cm³/mol. The minimum absolute atomic E-state index is 0.0511. The fraction of sp³-hybridized carbons (Fsp3) is 0.857. The van der Waals surface area contributed by atoms with Crippen LogP contribution in [0.5, 0.6) is 0 Å². The highest BCUT2D eigenvalue weighted by molar-refractivity contribution is 7.89. The summed E-state index contributed by atoms with van der Waals surface area (Å²) in [5, 5.41) is 11.7. The Bertz CT molecular complexity index is 483. The average molecular weight is 334 g/mol. The van der Waals surface area contributed by atoms with E-state index in [1.165, 1.54) is 11.4 Å². The standard InChI is InChI=1S/C14H26N2O5S/c1-3-22(20,21)16(2)10-4-9-15-13(17)11-5-7-12(8-6-11)14(18)19/h11-12H,3-10H2,1-2H3,(H,15,17)(H,18,19). The summed E-state index contributed by atoms with van der Waals surface area (Å²) in [6.07, 6.45) is 2.86. The van der Waals surface area contributed by atoms with Gasteiger partial charge in [-0.3, -0.25) is 9.59 Å². The molecule has 0 unspecified atom stereocenters. The van der Waals surface area contributed by atoms with Gasteiger partial charge in [0.05, 0.1) is 11.7 Å². The second-order valence-electron chi connectivity index (χ2n) is 5.75. The Kier molecular flexibility index (Phi) is 7.28. The Balaban J connectivity index is 2.23. The number of amides is 1. The Hall–Kier alpha value is -1.15. The zero-order chi connectivity index (χ0) is 16.8. The summed E-state index contributed by atoms with van der Waals surface area (Å²) in [4.78, 5) is 22.8. The summed E-state index contributed by atoms with van der Waals surface area (Å²) < 4.78 is 24.4. The summed E-state index contributed by atoms with van der Waals surface area (Å²) in [6, 6.07) is 0. The van der Waals surface area contributed by atoms with Crippen molar-refractivity contribution in [1.29, 1.82) is 0 Å². The van der Waals surface area contributed by atoms with Crippen LogP contribution in [0.2, 0.25) is 0 Å². The molecule has 0 aliphatic heterocycles. The number of hydrogen-bond acceptors (Lipinski definition) is 4. The molecule has 22 heavy (non-hydrogen) atoms. The van der Waals surface area contributed by atoms with Gasteiger partial charge in [0.15, 0.2) is 0 Å². The number of sulfonamides is 1. The highest BCUT2D eigenvalue weighted by atomic mass is 32.2. The molecule has 7 nitrogen and oxygen atoms in total. The van der Waals surface area contributed by atoms with Gasteiger partial charge in [-0.05, 0) is 39.0 Å². The van der Waals surface area contributed by atoms with Gasteiger partial charge in [-0.1, -0.05) is 0 Å². The lowest BCUT2D eigenvalue weighted by molar-refractivity contribution is -0.144. The van der Waals surface area contributed by atoms with Gasteiger partial charge in [0.25, 0.3) is 0 Å². The van der Waals surface area contributed by atoms with Crippen LogP contribution in [0.25, 0.3) is 0 Å². The summed E-state index contributed by atoms with van der Waals surface area (Å²) in [6.45, 7) is 2.41. The summed E-state index contributed by atoms with van der Waals surface area (Å²) >= 11 is 0. The molecule has 8 heteroatoms. The van der Waals surface area contributed by atoms with Gasteiger partial charge in [0, 0.05) is 26.1 Å². The van der Waals surface area contributed by atoms with E-state index in [2.05, 4.69) is 5.32 Å². The third kappa shape index (κ3) is 5.57. The number of carbonyl (C=O) groups is 2. The first-order valence-electron chi connectivity index (χ1n) is 7.72. The Labute approximate surface area is 132 Å². The Morgan fingerprint density at radius 3 is 2.23 bits per heavy atom. The fourth-order valence-corrected chi connectivity index (χ4v) is 3.47. The van der Waals surface area contributed by atoms with E-state index in [0.29, 0.717) is 45.2 Å². The first-order valence-corrected chi connectivity index (χ1v) is 9.33. The first kappa shape index (κ1) is 18.9. The molecule has 0 heterocycles. The summed E-state index contributed by atoms with van der Waals surface area (Å²) in [5.74, 6) is -1.20. The minimum Gasteiger partial charge on any atom is -0.481 e. The zero-order valence-electron chi connectivity index (χ0n) is 13.2. The SMILES string of the molecule is CCS(=O)(=O)N(C)CCCNC(=O)C1CCC(C(=O)O)CC1.